The molecule has 0 unspecified atom stereocenters. The largest absolute Gasteiger partial charge is 0.254 e. The molecule has 0 amide bonds. The molecule has 0 saturated carbocycles. The van der Waals surface area contributed by atoms with Gasteiger partial charge < -0.3 is 0 Å². The highest BCUT2D eigenvalue weighted by molar-refractivity contribution is 7.61. The molecule has 0 heterocycles. The van der Waals surface area contributed by atoms with Crippen LogP contribution in [0.3, 0.4) is 0 Å². The van der Waals surface area contributed by atoms with Crippen molar-refractivity contribution in [1.29, 1.82) is 0 Å². The number of hydrogen-bond acceptors (Lipinski definition) is 0. The Balaban J connectivity index is 4.84. The summed E-state index contributed by atoms with van der Waals surface area (Å²) in [6.45, 7) is 31.9. The lowest BCUT2D eigenvalue weighted by Gasteiger charge is -2.55. The van der Waals surface area contributed by atoms with Crippen LogP contribution in [0.15, 0.2) is 0 Å². The Morgan fingerprint density at radius 3 is 0.762 bits per heavy atom. The third-order valence-corrected chi connectivity index (χ3v) is 65.2. The fourth-order valence-electron chi connectivity index (χ4n) is 4.19. The summed E-state index contributed by atoms with van der Waals surface area (Å²) in [5, 5.41) is 0. The smallest absolute Gasteiger partial charge is 0.0977 e. The molecule has 0 spiro atoms. The van der Waals surface area contributed by atoms with Crippen molar-refractivity contribution in [3.8, 4) is 0 Å². The monoisotopic (exact) mass is 390 g/mol. The molecule has 0 aromatic carbocycles. The summed E-state index contributed by atoms with van der Waals surface area (Å²) in [5.74, 6) is 0. The van der Waals surface area contributed by atoms with Gasteiger partial charge in [-0.15, -0.1) is 36.8 Å². The van der Waals surface area contributed by atoms with E-state index in [1.165, 1.54) is 0 Å². The van der Waals surface area contributed by atoms with E-state index in [2.05, 4.69) is 78.6 Å². The molecule has 0 fully saturated rings. The SMILES string of the molecule is C[Si](C)(C)[Si-](CCC[Si-]([Si](C)(C)C)[Si](C)(C)C)[Si](C)(C)C. The van der Waals surface area contributed by atoms with E-state index in [9.17, 15) is 0 Å². The van der Waals surface area contributed by atoms with Gasteiger partial charge in [-0.05, 0) is 0 Å². The number of hydrogen-bond donors (Lipinski definition) is 0. The standard InChI is InChI=1S/C15H42Si6/c1-18(2,3)16(19(4,5)6)14-13-15-17(20(7,8)9)21(10,11)12/h13-15H2,1-12H3/q-2. The molecule has 0 aromatic heterocycles. The molecule has 0 aliphatic rings. The maximum Gasteiger partial charge on any atom is -0.0977 e. The first-order valence-corrected chi connectivity index (χ1v) is 30.1. The van der Waals surface area contributed by atoms with Gasteiger partial charge in [-0.25, -0.2) is 0 Å². The zero-order valence-electron chi connectivity index (χ0n) is 17.1. The van der Waals surface area contributed by atoms with E-state index < -0.39 is 30.4 Å². The van der Waals surface area contributed by atoms with Crippen LogP contribution in [0.2, 0.25) is 90.7 Å². The summed E-state index contributed by atoms with van der Waals surface area (Å²) in [5.41, 5.74) is 0. The van der Waals surface area contributed by atoms with Gasteiger partial charge in [0.15, 0.2) is 0 Å². The van der Waals surface area contributed by atoms with E-state index in [-0.39, 0.29) is 15.7 Å². The van der Waals surface area contributed by atoms with Crippen LogP contribution in [0.1, 0.15) is 6.42 Å². The van der Waals surface area contributed by atoms with Crippen LogP contribution in [0.5, 0.6) is 0 Å². The van der Waals surface area contributed by atoms with Gasteiger partial charge in [0.05, 0.1) is 0 Å². The predicted molar refractivity (Wildman–Crippen MR) is 119 cm³/mol. The summed E-state index contributed by atoms with van der Waals surface area (Å²) >= 11 is 0. The van der Waals surface area contributed by atoms with Gasteiger partial charge in [0.25, 0.3) is 0 Å². The summed E-state index contributed by atoms with van der Waals surface area (Å²) in [4.78, 5) is 0. The summed E-state index contributed by atoms with van der Waals surface area (Å²) in [6.07, 6.45) is 1.59. The van der Waals surface area contributed by atoms with Crippen molar-refractivity contribution in [3.05, 3.63) is 0 Å². The van der Waals surface area contributed by atoms with Crippen LogP contribution < -0.4 is 0 Å². The number of rotatable bonds is 8. The third kappa shape index (κ3) is 8.10. The Bertz CT molecular complexity index is 253. The summed E-state index contributed by atoms with van der Waals surface area (Å²) < 4.78 is 0. The lowest BCUT2D eigenvalue weighted by atomic mass is 10.6. The highest BCUT2D eigenvalue weighted by atomic mass is 29.6. The average Bonchev–Trinajstić information content (AvgIpc) is 2.07. The second-order valence-corrected chi connectivity index (χ2v) is 60.0. The molecule has 0 aromatic rings. The van der Waals surface area contributed by atoms with E-state index in [1.54, 1.807) is 18.5 Å². The first-order valence-electron chi connectivity index (χ1n) is 8.71. The van der Waals surface area contributed by atoms with Gasteiger partial charge in [0.1, 0.15) is 0 Å². The Labute approximate surface area is 142 Å². The first kappa shape index (κ1) is 22.3. The molecule has 0 bridgehead atoms. The van der Waals surface area contributed by atoms with Crippen LogP contribution in [0.4, 0.5) is 0 Å². The van der Waals surface area contributed by atoms with Gasteiger partial charge in [-0.3, -0.25) is 15.7 Å². The minimum Gasteiger partial charge on any atom is -0.254 e. The van der Waals surface area contributed by atoms with Gasteiger partial charge in [0.2, 0.25) is 0 Å². The summed E-state index contributed by atoms with van der Waals surface area (Å²) in [7, 11) is -3.63. The maximum atomic E-state index is 2.66. The Morgan fingerprint density at radius 2 is 0.619 bits per heavy atom. The van der Waals surface area contributed by atoms with Crippen LogP contribution >= 0.6 is 0 Å². The van der Waals surface area contributed by atoms with Gasteiger partial charge in [0, 0.05) is 0 Å². The molecule has 0 saturated heterocycles. The maximum absolute atomic E-state index is 2.66. The van der Waals surface area contributed by atoms with Crippen molar-refractivity contribution >= 4 is 46.0 Å². The predicted octanol–water partition coefficient (Wildman–Crippen LogP) is 6.03. The van der Waals surface area contributed by atoms with Gasteiger partial charge in [-0.1, -0.05) is 78.6 Å². The van der Waals surface area contributed by atoms with Crippen molar-refractivity contribution in [1.82, 2.24) is 0 Å². The minimum atomic E-state index is -0.888. The van der Waals surface area contributed by atoms with Crippen molar-refractivity contribution < 1.29 is 0 Å². The average molecular weight is 391 g/mol. The highest BCUT2D eigenvalue weighted by Crippen LogP contribution is 2.27. The Kier molecular flexibility index (Phi) is 7.92. The fraction of sp³-hybridized carbons (Fsp3) is 1.00. The molecule has 0 aliphatic carbocycles. The molecule has 0 atom stereocenters. The van der Waals surface area contributed by atoms with Crippen LogP contribution in [0, 0.1) is 0 Å². The first-order chi connectivity index (χ1) is 8.97. The Hall–Kier alpha value is 1.30. The van der Waals surface area contributed by atoms with E-state index >= 15 is 0 Å². The molecule has 0 aliphatic heterocycles. The quantitative estimate of drug-likeness (QED) is 0.443. The van der Waals surface area contributed by atoms with Crippen molar-refractivity contribution in [2.24, 2.45) is 0 Å². The lowest BCUT2D eigenvalue weighted by Crippen LogP contribution is -2.60. The molecular weight excluding hydrogens is 349 g/mol. The third-order valence-electron chi connectivity index (χ3n) is 4.47. The second kappa shape index (κ2) is 7.46. The van der Waals surface area contributed by atoms with Crippen molar-refractivity contribution in [2.75, 3.05) is 0 Å². The molecule has 128 valence electrons. The van der Waals surface area contributed by atoms with Crippen LogP contribution in [0.25, 0.3) is 0 Å². The fourth-order valence-corrected chi connectivity index (χ4v) is 78.2. The zero-order chi connectivity index (χ0) is 17.3. The van der Waals surface area contributed by atoms with Crippen LogP contribution in [-0.4, -0.2) is 46.0 Å². The van der Waals surface area contributed by atoms with Crippen molar-refractivity contribution in [2.45, 2.75) is 97.1 Å². The van der Waals surface area contributed by atoms with E-state index in [0.717, 1.165) is 0 Å². The molecule has 6 heteroatoms. The second-order valence-electron chi connectivity index (χ2n) is 10.8. The zero-order valence-corrected chi connectivity index (χ0v) is 23.1. The van der Waals surface area contributed by atoms with E-state index in [1.807, 2.05) is 0 Å². The lowest BCUT2D eigenvalue weighted by molar-refractivity contribution is 1.06. The normalized spacial score (nSPS) is 15.1. The van der Waals surface area contributed by atoms with Gasteiger partial charge >= 0.3 is 0 Å². The topological polar surface area (TPSA) is 0 Å². The molecular formula is C15H42Si6-2. The molecule has 0 nitrogen and oxygen atoms in total. The molecule has 21 heavy (non-hydrogen) atoms. The van der Waals surface area contributed by atoms with E-state index in [4.69, 9.17) is 0 Å². The Morgan fingerprint density at radius 1 is 0.429 bits per heavy atom. The molecule has 0 radical (unpaired) electrons. The minimum absolute atomic E-state index is 0.0362. The van der Waals surface area contributed by atoms with Crippen molar-refractivity contribution in [3.63, 3.8) is 0 Å². The van der Waals surface area contributed by atoms with E-state index in [0.29, 0.717) is 0 Å². The summed E-state index contributed by atoms with van der Waals surface area (Å²) in [6, 6.07) is 3.30. The molecule has 0 N–H and O–H groups in total. The van der Waals surface area contributed by atoms with Crippen LogP contribution in [-0.2, 0) is 0 Å². The molecule has 0 rings (SSSR count). The highest BCUT2D eigenvalue weighted by Gasteiger charge is 2.26. The van der Waals surface area contributed by atoms with Gasteiger partial charge in [-0.2, -0.15) is 12.1 Å².